The van der Waals surface area contributed by atoms with Crippen molar-refractivity contribution in [3.8, 4) is 11.1 Å². The van der Waals surface area contributed by atoms with E-state index in [4.69, 9.17) is 0 Å². The van der Waals surface area contributed by atoms with E-state index in [2.05, 4.69) is 56.2 Å². The number of sulfonamides is 1. The molecule has 2 aromatic heterocycles. The van der Waals surface area contributed by atoms with Crippen molar-refractivity contribution < 1.29 is 8.42 Å². The highest BCUT2D eigenvalue weighted by atomic mass is 32.2. The zero-order chi connectivity index (χ0) is 22.1. The van der Waals surface area contributed by atoms with Crippen molar-refractivity contribution in [1.29, 1.82) is 0 Å². The third kappa shape index (κ3) is 4.59. The maximum absolute atomic E-state index is 11.7. The first-order valence-corrected chi connectivity index (χ1v) is 12.0. The lowest BCUT2D eigenvalue weighted by atomic mass is 9.88. The summed E-state index contributed by atoms with van der Waals surface area (Å²) in [5.74, 6) is 0.767. The first kappa shape index (κ1) is 21.0. The highest BCUT2D eigenvalue weighted by Crippen LogP contribution is 2.32. The molecule has 0 amide bonds. The summed E-state index contributed by atoms with van der Waals surface area (Å²) in [4.78, 5) is 13.3. The van der Waals surface area contributed by atoms with Crippen molar-refractivity contribution >= 4 is 32.4 Å². The Hall–Kier alpha value is -3.26. The third-order valence-electron chi connectivity index (χ3n) is 5.49. The number of aromatic nitrogens is 3. The monoisotopic (exact) mass is 435 g/mol. The quantitative estimate of drug-likeness (QED) is 0.594. The van der Waals surface area contributed by atoms with E-state index in [0.717, 1.165) is 46.9 Å². The fraction of sp³-hybridized carbons (Fsp3) is 0.261. The number of pyridine rings is 1. The van der Waals surface area contributed by atoms with Crippen LogP contribution in [-0.4, -0.2) is 35.2 Å². The van der Waals surface area contributed by atoms with E-state index in [0.29, 0.717) is 11.4 Å². The van der Waals surface area contributed by atoms with Crippen LogP contribution in [-0.2, 0) is 10.0 Å². The molecule has 2 heterocycles. The van der Waals surface area contributed by atoms with Crippen molar-refractivity contribution in [3.05, 3.63) is 66.8 Å². The first-order chi connectivity index (χ1) is 14.8. The normalized spacial score (nSPS) is 18.3. The predicted molar refractivity (Wildman–Crippen MR) is 126 cm³/mol. The number of aryl methyl sites for hydroxylation is 1. The molecule has 2 N–H and O–H groups in total. The molecule has 0 aliphatic heterocycles. The summed E-state index contributed by atoms with van der Waals surface area (Å²) in [7, 11) is -3.40. The third-order valence-corrected chi connectivity index (χ3v) is 6.08. The van der Waals surface area contributed by atoms with Gasteiger partial charge < -0.3 is 5.32 Å². The zero-order valence-electron chi connectivity index (χ0n) is 17.8. The second-order valence-electron chi connectivity index (χ2n) is 7.81. The lowest BCUT2D eigenvalue weighted by Crippen LogP contribution is -2.36. The largest absolute Gasteiger partial charge is 0.360 e. The van der Waals surface area contributed by atoms with Crippen LogP contribution in [0.25, 0.3) is 22.0 Å². The van der Waals surface area contributed by atoms with E-state index in [1.54, 1.807) is 25.5 Å². The standard InChI is InChI=1S/C23H25N5O2S/c1-4-23(10-6-5-7-11-23)27-22-19-12-17(8-9-20(19)25-15-26-22)18-13-21(16(2)24-14-18)28-31(3,29)30/h5-10,12-15,28H,4,11H2,1-3H3,(H,25,26,27). The summed E-state index contributed by atoms with van der Waals surface area (Å²) >= 11 is 0. The Morgan fingerprint density at radius 3 is 2.65 bits per heavy atom. The van der Waals surface area contributed by atoms with Crippen molar-refractivity contribution in [2.75, 3.05) is 16.3 Å². The van der Waals surface area contributed by atoms with Crippen LogP contribution in [0.2, 0.25) is 0 Å². The number of fused-ring (bicyclic) bond motifs is 1. The van der Waals surface area contributed by atoms with E-state index in [9.17, 15) is 8.42 Å². The minimum absolute atomic E-state index is 0.190. The number of hydrogen-bond donors (Lipinski definition) is 2. The first-order valence-electron chi connectivity index (χ1n) is 10.1. The van der Waals surface area contributed by atoms with Gasteiger partial charge in [0.1, 0.15) is 12.1 Å². The van der Waals surface area contributed by atoms with E-state index in [1.165, 1.54) is 0 Å². The second kappa shape index (κ2) is 8.11. The van der Waals surface area contributed by atoms with Crippen LogP contribution in [0.3, 0.4) is 0 Å². The molecule has 1 aliphatic rings. The average Bonchev–Trinajstić information content (AvgIpc) is 2.75. The van der Waals surface area contributed by atoms with Crippen molar-refractivity contribution in [3.63, 3.8) is 0 Å². The fourth-order valence-electron chi connectivity index (χ4n) is 3.67. The number of rotatable bonds is 6. The van der Waals surface area contributed by atoms with Crippen LogP contribution in [0, 0.1) is 6.92 Å². The van der Waals surface area contributed by atoms with Gasteiger partial charge in [0.05, 0.1) is 28.7 Å². The van der Waals surface area contributed by atoms with Gasteiger partial charge >= 0.3 is 0 Å². The molecule has 0 bridgehead atoms. The molecule has 1 aliphatic carbocycles. The molecule has 8 heteroatoms. The second-order valence-corrected chi connectivity index (χ2v) is 9.56. The van der Waals surface area contributed by atoms with Gasteiger partial charge in [-0.05, 0) is 43.5 Å². The van der Waals surface area contributed by atoms with Gasteiger partial charge in [0, 0.05) is 17.1 Å². The molecule has 1 atom stereocenters. The summed E-state index contributed by atoms with van der Waals surface area (Å²) in [6.45, 7) is 3.92. The molecule has 0 radical (unpaired) electrons. The Labute approximate surface area is 182 Å². The van der Waals surface area contributed by atoms with Gasteiger partial charge in [-0.15, -0.1) is 0 Å². The Balaban J connectivity index is 1.76. The fourth-order valence-corrected chi connectivity index (χ4v) is 4.28. The minimum atomic E-state index is -3.40. The Kier molecular flexibility index (Phi) is 5.49. The van der Waals surface area contributed by atoms with Gasteiger partial charge in [-0.25, -0.2) is 18.4 Å². The van der Waals surface area contributed by atoms with Crippen LogP contribution >= 0.6 is 0 Å². The summed E-state index contributed by atoms with van der Waals surface area (Å²) in [5.41, 5.74) is 3.43. The maximum atomic E-state index is 11.7. The molecule has 3 aromatic rings. The van der Waals surface area contributed by atoms with Gasteiger partial charge in [-0.1, -0.05) is 37.3 Å². The number of nitrogens with zero attached hydrogens (tertiary/aromatic N) is 3. The molecular weight excluding hydrogens is 410 g/mol. The predicted octanol–water partition coefficient (Wildman–Crippen LogP) is 4.45. The van der Waals surface area contributed by atoms with Gasteiger partial charge in [0.2, 0.25) is 10.0 Å². The number of hydrogen-bond acceptors (Lipinski definition) is 6. The van der Waals surface area contributed by atoms with Gasteiger partial charge in [0.15, 0.2) is 0 Å². The molecule has 4 rings (SSSR count). The lowest BCUT2D eigenvalue weighted by Gasteiger charge is -2.32. The number of allylic oxidation sites excluding steroid dienone is 2. The molecule has 1 unspecified atom stereocenters. The highest BCUT2D eigenvalue weighted by molar-refractivity contribution is 7.92. The molecule has 0 saturated heterocycles. The smallest absolute Gasteiger partial charge is 0.229 e. The van der Waals surface area contributed by atoms with E-state index >= 15 is 0 Å². The molecule has 1 aromatic carbocycles. The summed E-state index contributed by atoms with van der Waals surface area (Å²) in [6, 6.07) is 7.70. The van der Waals surface area contributed by atoms with Crippen molar-refractivity contribution in [2.45, 2.75) is 32.2 Å². The average molecular weight is 436 g/mol. The van der Waals surface area contributed by atoms with E-state index in [-0.39, 0.29) is 5.54 Å². The topological polar surface area (TPSA) is 96.9 Å². The summed E-state index contributed by atoms with van der Waals surface area (Å²) in [5, 5.41) is 4.52. The lowest BCUT2D eigenvalue weighted by molar-refractivity contribution is 0.555. The van der Waals surface area contributed by atoms with Crippen LogP contribution in [0.5, 0.6) is 0 Å². The van der Waals surface area contributed by atoms with Crippen LogP contribution < -0.4 is 10.0 Å². The van der Waals surface area contributed by atoms with Gasteiger partial charge in [0.25, 0.3) is 0 Å². The van der Waals surface area contributed by atoms with Gasteiger partial charge in [-0.2, -0.15) is 0 Å². The molecule has 0 saturated carbocycles. The molecule has 7 nitrogen and oxygen atoms in total. The molecular formula is C23H25N5O2S. The van der Waals surface area contributed by atoms with Crippen LogP contribution in [0.4, 0.5) is 11.5 Å². The SMILES string of the molecule is CCC1(Nc2ncnc3ccc(-c4cnc(C)c(NS(C)(=O)=O)c4)cc23)C=CC=CC1. The van der Waals surface area contributed by atoms with Gasteiger partial charge in [-0.3, -0.25) is 9.71 Å². The highest BCUT2D eigenvalue weighted by Gasteiger charge is 2.26. The Bertz CT molecular complexity index is 1300. The molecule has 0 fully saturated rings. The number of benzene rings is 1. The Morgan fingerprint density at radius 1 is 1.10 bits per heavy atom. The van der Waals surface area contributed by atoms with E-state index < -0.39 is 10.0 Å². The zero-order valence-corrected chi connectivity index (χ0v) is 18.6. The van der Waals surface area contributed by atoms with Crippen molar-refractivity contribution in [2.24, 2.45) is 0 Å². The summed E-state index contributed by atoms with van der Waals surface area (Å²) < 4.78 is 25.9. The van der Waals surface area contributed by atoms with E-state index in [1.807, 2.05) is 18.2 Å². The molecule has 31 heavy (non-hydrogen) atoms. The summed E-state index contributed by atoms with van der Waals surface area (Å²) in [6.07, 6.45) is 14.7. The Morgan fingerprint density at radius 2 is 1.94 bits per heavy atom. The van der Waals surface area contributed by atoms with Crippen molar-refractivity contribution in [1.82, 2.24) is 15.0 Å². The van der Waals surface area contributed by atoms with Crippen LogP contribution in [0.1, 0.15) is 25.5 Å². The van der Waals surface area contributed by atoms with Crippen LogP contribution in [0.15, 0.2) is 61.1 Å². The number of anilines is 2. The number of nitrogens with one attached hydrogen (secondary N) is 2. The molecule has 160 valence electrons. The minimum Gasteiger partial charge on any atom is -0.360 e. The maximum Gasteiger partial charge on any atom is 0.229 e. The molecule has 0 spiro atoms.